The van der Waals surface area contributed by atoms with Crippen LogP contribution in [0.1, 0.15) is 5.76 Å². The Morgan fingerprint density at radius 2 is 2.55 bits per heavy atom. The molecule has 4 nitrogen and oxygen atoms in total. The molecule has 1 aromatic rings. The van der Waals surface area contributed by atoms with Gasteiger partial charge in [-0.1, -0.05) is 0 Å². The van der Waals surface area contributed by atoms with Crippen molar-refractivity contribution in [2.45, 2.75) is 0 Å². The van der Waals surface area contributed by atoms with Gasteiger partial charge in [-0.25, -0.2) is 5.84 Å². The summed E-state index contributed by atoms with van der Waals surface area (Å²) in [6.07, 6.45) is 4.35. The van der Waals surface area contributed by atoms with Crippen molar-refractivity contribution in [3.63, 3.8) is 0 Å². The summed E-state index contributed by atoms with van der Waals surface area (Å²) in [5, 5.41) is 0. The van der Waals surface area contributed by atoms with Crippen LogP contribution in [0.15, 0.2) is 28.9 Å². The SMILES string of the molecule is NNC(=O)/C=C/c1ccco1. The highest BCUT2D eigenvalue weighted by molar-refractivity contribution is 5.90. The molecule has 1 aromatic heterocycles. The van der Waals surface area contributed by atoms with Gasteiger partial charge in [0.25, 0.3) is 5.91 Å². The van der Waals surface area contributed by atoms with E-state index in [-0.39, 0.29) is 5.91 Å². The topological polar surface area (TPSA) is 68.3 Å². The van der Waals surface area contributed by atoms with Crippen molar-refractivity contribution >= 4 is 12.0 Å². The van der Waals surface area contributed by atoms with Gasteiger partial charge >= 0.3 is 0 Å². The molecule has 1 amide bonds. The number of amides is 1. The first-order valence-corrected chi connectivity index (χ1v) is 3.05. The zero-order valence-electron chi connectivity index (χ0n) is 5.78. The average molecular weight is 152 g/mol. The second kappa shape index (κ2) is 3.58. The molecule has 0 saturated carbocycles. The van der Waals surface area contributed by atoms with Crippen LogP contribution >= 0.6 is 0 Å². The van der Waals surface area contributed by atoms with Gasteiger partial charge in [0.05, 0.1) is 6.26 Å². The molecule has 0 aliphatic rings. The number of nitrogens with one attached hydrogen (secondary N) is 1. The van der Waals surface area contributed by atoms with Gasteiger partial charge in [0, 0.05) is 6.08 Å². The molecule has 0 aliphatic carbocycles. The molecule has 4 heteroatoms. The van der Waals surface area contributed by atoms with Gasteiger partial charge in [0.15, 0.2) is 0 Å². The van der Waals surface area contributed by atoms with Gasteiger partial charge < -0.3 is 4.42 Å². The summed E-state index contributed by atoms with van der Waals surface area (Å²) in [5.41, 5.74) is 1.96. The lowest BCUT2D eigenvalue weighted by molar-refractivity contribution is -0.116. The number of carbonyl (C=O) groups is 1. The quantitative estimate of drug-likeness (QED) is 0.277. The third-order valence-corrected chi connectivity index (χ3v) is 1.08. The molecule has 0 aliphatic heterocycles. The number of rotatable bonds is 2. The Hall–Kier alpha value is -1.55. The van der Waals surface area contributed by atoms with Crippen LogP contribution in [-0.4, -0.2) is 5.91 Å². The molecule has 0 bridgehead atoms. The minimum Gasteiger partial charge on any atom is -0.465 e. The minimum absolute atomic E-state index is 0.360. The van der Waals surface area contributed by atoms with Gasteiger partial charge in [-0.05, 0) is 18.2 Å². The third kappa shape index (κ3) is 2.27. The van der Waals surface area contributed by atoms with Crippen LogP contribution in [0.5, 0.6) is 0 Å². The molecule has 0 unspecified atom stereocenters. The van der Waals surface area contributed by atoms with E-state index in [1.807, 2.05) is 5.43 Å². The number of carbonyl (C=O) groups excluding carboxylic acids is 1. The Morgan fingerprint density at radius 3 is 3.09 bits per heavy atom. The first-order valence-electron chi connectivity index (χ1n) is 3.05. The van der Waals surface area contributed by atoms with E-state index in [0.717, 1.165) is 0 Å². The fraction of sp³-hybridized carbons (Fsp3) is 0. The van der Waals surface area contributed by atoms with Crippen molar-refractivity contribution in [3.05, 3.63) is 30.2 Å². The van der Waals surface area contributed by atoms with E-state index >= 15 is 0 Å². The van der Waals surface area contributed by atoms with Crippen molar-refractivity contribution < 1.29 is 9.21 Å². The average Bonchev–Trinajstić information content (AvgIpc) is 2.52. The van der Waals surface area contributed by atoms with E-state index in [1.165, 1.54) is 18.4 Å². The van der Waals surface area contributed by atoms with Gasteiger partial charge in [-0.15, -0.1) is 0 Å². The monoisotopic (exact) mass is 152 g/mol. The number of hydrazine groups is 1. The van der Waals surface area contributed by atoms with Crippen LogP contribution in [0, 0.1) is 0 Å². The Kier molecular flexibility index (Phi) is 2.46. The number of nitrogens with two attached hydrogens (primary N) is 1. The van der Waals surface area contributed by atoms with Gasteiger partial charge in [-0.3, -0.25) is 10.2 Å². The number of furan rings is 1. The molecule has 0 aromatic carbocycles. The first kappa shape index (κ1) is 7.56. The molecule has 58 valence electrons. The smallest absolute Gasteiger partial charge is 0.258 e. The Labute approximate surface area is 63.7 Å². The molecule has 1 rings (SSSR count). The molecule has 0 spiro atoms. The molecule has 1 heterocycles. The highest BCUT2D eigenvalue weighted by Crippen LogP contribution is 2.01. The van der Waals surface area contributed by atoms with E-state index in [4.69, 9.17) is 10.3 Å². The predicted molar refractivity (Wildman–Crippen MR) is 40.1 cm³/mol. The molecule has 0 radical (unpaired) electrons. The lowest BCUT2D eigenvalue weighted by Gasteiger charge is -1.87. The second-order valence-corrected chi connectivity index (χ2v) is 1.86. The van der Waals surface area contributed by atoms with Gasteiger partial charge in [0.1, 0.15) is 5.76 Å². The molecule has 0 atom stereocenters. The van der Waals surface area contributed by atoms with Gasteiger partial charge in [0.2, 0.25) is 0 Å². The highest BCUT2D eigenvalue weighted by Gasteiger charge is 1.90. The maximum atomic E-state index is 10.5. The standard InChI is InChI=1S/C7H8N2O2/c8-9-7(10)4-3-6-2-1-5-11-6/h1-5H,8H2,(H,9,10)/b4-3+. The molecular formula is C7H8N2O2. The summed E-state index contributed by atoms with van der Waals surface area (Å²) in [6.45, 7) is 0. The Bertz CT molecular complexity index is 251. The fourth-order valence-electron chi connectivity index (χ4n) is 0.592. The zero-order chi connectivity index (χ0) is 8.10. The van der Waals surface area contributed by atoms with Crippen molar-refractivity contribution in [1.82, 2.24) is 5.43 Å². The van der Waals surface area contributed by atoms with Crippen molar-refractivity contribution in [2.24, 2.45) is 5.84 Å². The summed E-state index contributed by atoms with van der Waals surface area (Å²) in [7, 11) is 0. The van der Waals surface area contributed by atoms with E-state index in [2.05, 4.69) is 0 Å². The largest absolute Gasteiger partial charge is 0.465 e. The summed E-state index contributed by atoms with van der Waals surface area (Å²) in [6, 6.07) is 3.47. The summed E-state index contributed by atoms with van der Waals surface area (Å²) < 4.78 is 4.92. The predicted octanol–water partition coefficient (Wildman–Crippen LogP) is 0.283. The van der Waals surface area contributed by atoms with Crippen LogP contribution in [0.3, 0.4) is 0 Å². The van der Waals surface area contributed by atoms with Crippen molar-refractivity contribution in [2.75, 3.05) is 0 Å². The minimum atomic E-state index is -0.360. The van der Waals surface area contributed by atoms with Gasteiger partial charge in [-0.2, -0.15) is 0 Å². The molecule has 0 fully saturated rings. The molecule has 3 N–H and O–H groups in total. The summed E-state index contributed by atoms with van der Waals surface area (Å²) in [5.74, 6) is 5.09. The summed E-state index contributed by atoms with van der Waals surface area (Å²) in [4.78, 5) is 10.5. The third-order valence-electron chi connectivity index (χ3n) is 1.08. The van der Waals surface area contributed by atoms with E-state index in [1.54, 1.807) is 12.1 Å². The van der Waals surface area contributed by atoms with E-state index < -0.39 is 0 Å². The van der Waals surface area contributed by atoms with E-state index in [9.17, 15) is 4.79 Å². The zero-order valence-corrected chi connectivity index (χ0v) is 5.78. The lowest BCUT2D eigenvalue weighted by Crippen LogP contribution is -2.27. The lowest BCUT2D eigenvalue weighted by atomic mass is 10.4. The normalized spacial score (nSPS) is 10.3. The van der Waals surface area contributed by atoms with Crippen LogP contribution < -0.4 is 11.3 Å². The maximum Gasteiger partial charge on any atom is 0.258 e. The molecule has 11 heavy (non-hydrogen) atoms. The first-order chi connectivity index (χ1) is 5.33. The Morgan fingerprint density at radius 1 is 1.73 bits per heavy atom. The highest BCUT2D eigenvalue weighted by atomic mass is 16.3. The van der Waals surface area contributed by atoms with Crippen LogP contribution in [0.25, 0.3) is 6.08 Å². The maximum absolute atomic E-state index is 10.5. The number of hydrogen-bond donors (Lipinski definition) is 2. The molecule has 0 saturated heterocycles. The van der Waals surface area contributed by atoms with Crippen molar-refractivity contribution in [3.8, 4) is 0 Å². The van der Waals surface area contributed by atoms with Crippen molar-refractivity contribution in [1.29, 1.82) is 0 Å². The van der Waals surface area contributed by atoms with Crippen LogP contribution in [-0.2, 0) is 4.79 Å². The number of hydrogen-bond acceptors (Lipinski definition) is 3. The fourth-order valence-corrected chi connectivity index (χ4v) is 0.592. The van der Waals surface area contributed by atoms with E-state index in [0.29, 0.717) is 5.76 Å². The van der Waals surface area contributed by atoms with Crippen LogP contribution in [0.2, 0.25) is 0 Å². The second-order valence-electron chi connectivity index (χ2n) is 1.86. The summed E-state index contributed by atoms with van der Waals surface area (Å²) >= 11 is 0. The molecular weight excluding hydrogens is 144 g/mol. The van der Waals surface area contributed by atoms with Crippen LogP contribution in [0.4, 0.5) is 0 Å². The Balaban J connectivity index is 2.55.